The Bertz CT molecular complexity index is 1020. The summed E-state index contributed by atoms with van der Waals surface area (Å²) in [5, 5.41) is 8.77. The Morgan fingerprint density at radius 2 is 2.14 bits per heavy atom. The Labute approximate surface area is 165 Å². The van der Waals surface area contributed by atoms with Crippen molar-refractivity contribution in [3.63, 3.8) is 0 Å². The number of hydrogen-bond donors (Lipinski definition) is 1. The second-order valence-electron chi connectivity index (χ2n) is 7.18. The molecule has 1 aliphatic heterocycles. The lowest BCUT2D eigenvalue weighted by molar-refractivity contribution is 0.183. The Morgan fingerprint density at radius 3 is 2.93 bits per heavy atom. The summed E-state index contributed by atoms with van der Waals surface area (Å²) in [6, 6.07) is 6.75. The molecule has 9 heteroatoms. The van der Waals surface area contributed by atoms with E-state index >= 15 is 0 Å². The highest BCUT2D eigenvalue weighted by molar-refractivity contribution is 7.09. The van der Waals surface area contributed by atoms with E-state index in [2.05, 4.69) is 24.8 Å². The van der Waals surface area contributed by atoms with E-state index in [9.17, 15) is 4.79 Å². The van der Waals surface area contributed by atoms with Crippen molar-refractivity contribution in [3.05, 3.63) is 52.8 Å². The summed E-state index contributed by atoms with van der Waals surface area (Å²) in [5.74, 6) is 1.44. The molecule has 1 N–H and O–H groups in total. The number of pyridine rings is 1. The van der Waals surface area contributed by atoms with Gasteiger partial charge in [0.05, 0.1) is 24.9 Å². The SMILES string of the molecule is O=c1ccc(-c2cccnc2)nn1C1COCC1Nc1nc(C2CCC2)ns1. The summed E-state index contributed by atoms with van der Waals surface area (Å²) in [5.41, 5.74) is 1.43. The summed E-state index contributed by atoms with van der Waals surface area (Å²) in [6.07, 6.45) is 7.05. The Balaban J connectivity index is 1.39. The van der Waals surface area contributed by atoms with Gasteiger partial charge in [-0.3, -0.25) is 9.78 Å². The highest BCUT2D eigenvalue weighted by Crippen LogP contribution is 2.36. The molecule has 144 valence electrons. The second-order valence-corrected chi connectivity index (χ2v) is 7.94. The monoisotopic (exact) mass is 396 g/mol. The first-order valence-electron chi connectivity index (χ1n) is 9.46. The normalized spacial score (nSPS) is 22.1. The zero-order valence-electron chi connectivity index (χ0n) is 15.2. The number of ether oxygens (including phenoxy) is 1. The van der Waals surface area contributed by atoms with E-state index < -0.39 is 0 Å². The first kappa shape index (κ1) is 17.4. The van der Waals surface area contributed by atoms with Crippen LogP contribution in [0, 0.1) is 0 Å². The second kappa shape index (κ2) is 7.40. The van der Waals surface area contributed by atoms with Gasteiger partial charge in [-0.1, -0.05) is 6.42 Å². The molecule has 2 fully saturated rings. The molecule has 8 nitrogen and oxygen atoms in total. The molecule has 0 spiro atoms. The number of aromatic nitrogens is 5. The average molecular weight is 396 g/mol. The van der Waals surface area contributed by atoms with Gasteiger partial charge in [0.25, 0.3) is 5.56 Å². The predicted molar refractivity (Wildman–Crippen MR) is 105 cm³/mol. The highest BCUT2D eigenvalue weighted by atomic mass is 32.1. The largest absolute Gasteiger partial charge is 0.377 e. The molecule has 2 aliphatic rings. The molecule has 28 heavy (non-hydrogen) atoms. The van der Waals surface area contributed by atoms with Crippen LogP contribution in [0.2, 0.25) is 0 Å². The van der Waals surface area contributed by atoms with Gasteiger partial charge in [-0.25, -0.2) is 9.67 Å². The zero-order chi connectivity index (χ0) is 18.9. The van der Waals surface area contributed by atoms with E-state index in [1.807, 2.05) is 12.1 Å². The van der Waals surface area contributed by atoms with E-state index in [4.69, 9.17) is 4.74 Å². The molecule has 0 aromatic carbocycles. The predicted octanol–water partition coefficient (Wildman–Crippen LogP) is 2.48. The van der Waals surface area contributed by atoms with Crippen LogP contribution in [-0.4, -0.2) is 43.4 Å². The minimum atomic E-state index is -0.208. The molecule has 3 aromatic rings. The molecule has 4 heterocycles. The fraction of sp³-hybridized carbons (Fsp3) is 0.421. The lowest BCUT2D eigenvalue weighted by Crippen LogP contribution is -2.37. The lowest BCUT2D eigenvalue weighted by Gasteiger charge is -2.22. The van der Waals surface area contributed by atoms with Crippen molar-refractivity contribution < 1.29 is 4.74 Å². The summed E-state index contributed by atoms with van der Waals surface area (Å²) in [4.78, 5) is 21.3. The van der Waals surface area contributed by atoms with Crippen LogP contribution in [0.5, 0.6) is 0 Å². The van der Waals surface area contributed by atoms with E-state index in [0.29, 0.717) is 24.8 Å². The van der Waals surface area contributed by atoms with Gasteiger partial charge in [-0.15, -0.1) is 0 Å². The number of anilines is 1. The molecule has 3 aromatic heterocycles. The minimum Gasteiger partial charge on any atom is -0.377 e. The molecular formula is C19H20N6O2S. The molecule has 1 saturated carbocycles. The van der Waals surface area contributed by atoms with Crippen molar-refractivity contribution in [1.82, 2.24) is 24.1 Å². The fourth-order valence-electron chi connectivity index (χ4n) is 3.54. The van der Waals surface area contributed by atoms with Crippen molar-refractivity contribution >= 4 is 16.7 Å². The molecule has 2 atom stereocenters. The van der Waals surface area contributed by atoms with Crippen molar-refractivity contribution in [2.45, 2.75) is 37.3 Å². The van der Waals surface area contributed by atoms with Crippen molar-refractivity contribution in [1.29, 1.82) is 0 Å². The van der Waals surface area contributed by atoms with E-state index in [0.717, 1.165) is 16.5 Å². The molecule has 1 aliphatic carbocycles. The van der Waals surface area contributed by atoms with Crippen LogP contribution in [-0.2, 0) is 4.74 Å². The van der Waals surface area contributed by atoms with Crippen LogP contribution >= 0.6 is 11.5 Å². The van der Waals surface area contributed by atoms with Crippen LogP contribution in [0.3, 0.4) is 0 Å². The summed E-state index contributed by atoms with van der Waals surface area (Å²) in [6.45, 7) is 0.920. The maximum absolute atomic E-state index is 12.5. The summed E-state index contributed by atoms with van der Waals surface area (Å²) >= 11 is 1.37. The van der Waals surface area contributed by atoms with Crippen LogP contribution in [0.15, 0.2) is 41.5 Å². The number of nitrogens with zero attached hydrogens (tertiary/aromatic N) is 5. The fourth-order valence-corrected chi connectivity index (χ4v) is 4.25. The van der Waals surface area contributed by atoms with Gasteiger partial charge < -0.3 is 10.1 Å². The van der Waals surface area contributed by atoms with E-state index in [1.54, 1.807) is 24.5 Å². The Kier molecular flexibility index (Phi) is 4.61. The quantitative estimate of drug-likeness (QED) is 0.708. The molecule has 0 amide bonds. The molecule has 2 unspecified atom stereocenters. The first-order valence-corrected chi connectivity index (χ1v) is 10.2. The Hall–Kier alpha value is -2.65. The standard InChI is InChI=1S/C19H20N6O2S/c26-17-7-6-14(13-5-2-8-20-9-13)23-25(17)16-11-27-10-15(16)21-19-22-18(24-28-19)12-3-1-4-12/h2,5-9,12,15-16H,1,3-4,10-11H2,(H,21,22,24). The topological polar surface area (TPSA) is 94.8 Å². The van der Waals surface area contributed by atoms with Gasteiger partial charge in [0, 0.05) is 41.5 Å². The lowest BCUT2D eigenvalue weighted by atomic mass is 9.85. The van der Waals surface area contributed by atoms with Gasteiger partial charge in [0.2, 0.25) is 5.13 Å². The molecule has 0 radical (unpaired) electrons. The van der Waals surface area contributed by atoms with Gasteiger partial charge >= 0.3 is 0 Å². The number of hydrogen-bond acceptors (Lipinski definition) is 8. The van der Waals surface area contributed by atoms with Crippen LogP contribution < -0.4 is 10.9 Å². The minimum absolute atomic E-state index is 0.0865. The smallest absolute Gasteiger partial charge is 0.267 e. The van der Waals surface area contributed by atoms with Gasteiger partial charge in [0.1, 0.15) is 11.9 Å². The van der Waals surface area contributed by atoms with Gasteiger partial charge in [-0.05, 0) is 31.0 Å². The third-order valence-corrected chi connectivity index (χ3v) is 6.03. The number of nitrogens with one attached hydrogen (secondary N) is 1. The van der Waals surface area contributed by atoms with Crippen LogP contribution in [0.25, 0.3) is 11.3 Å². The third kappa shape index (κ3) is 3.31. The van der Waals surface area contributed by atoms with Crippen molar-refractivity contribution in [2.75, 3.05) is 18.5 Å². The molecule has 1 saturated heterocycles. The van der Waals surface area contributed by atoms with Crippen molar-refractivity contribution in [2.24, 2.45) is 0 Å². The van der Waals surface area contributed by atoms with E-state index in [-0.39, 0.29) is 17.6 Å². The van der Waals surface area contributed by atoms with Gasteiger partial charge in [-0.2, -0.15) is 9.47 Å². The average Bonchev–Trinajstić information content (AvgIpc) is 3.32. The van der Waals surface area contributed by atoms with Crippen LogP contribution in [0.4, 0.5) is 5.13 Å². The maximum atomic E-state index is 12.5. The van der Waals surface area contributed by atoms with Gasteiger partial charge in [0.15, 0.2) is 0 Å². The molecule has 5 rings (SSSR count). The zero-order valence-corrected chi connectivity index (χ0v) is 16.0. The van der Waals surface area contributed by atoms with Crippen molar-refractivity contribution in [3.8, 4) is 11.3 Å². The highest BCUT2D eigenvalue weighted by Gasteiger charge is 2.33. The molecular weight excluding hydrogens is 376 g/mol. The summed E-state index contributed by atoms with van der Waals surface area (Å²) in [7, 11) is 0. The maximum Gasteiger partial charge on any atom is 0.267 e. The third-order valence-electron chi connectivity index (χ3n) is 5.37. The van der Waals surface area contributed by atoms with Crippen LogP contribution in [0.1, 0.15) is 37.0 Å². The Morgan fingerprint density at radius 1 is 1.21 bits per heavy atom. The summed E-state index contributed by atoms with van der Waals surface area (Å²) < 4.78 is 11.7. The molecule has 0 bridgehead atoms. The first-order chi connectivity index (χ1) is 13.8. The number of rotatable bonds is 5. The van der Waals surface area contributed by atoms with E-state index in [1.165, 1.54) is 35.5 Å².